The predicted molar refractivity (Wildman–Crippen MR) is 133 cm³/mol. The van der Waals surface area contributed by atoms with Crippen LogP contribution in [0.25, 0.3) is 0 Å². The Kier molecular flexibility index (Phi) is 6.16. The Hall–Kier alpha value is -3.17. The van der Waals surface area contributed by atoms with Gasteiger partial charge in [-0.1, -0.05) is 35.9 Å². The molecule has 3 atom stereocenters. The van der Waals surface area contributed by atoms with Gasteiger partial charge in [0.25, 0.3) is 10.0 Å². The minimum Gasteiger partial charge on any atom is -0.497 e. The van der Waals surface area contributed by atoms with Gasteiger partial charge in [-0.2, -0.15) is 13.2 Å². The number of fused-ring (bicyclic) bond motifs is 3. The van der Waals surface area contributed by atoms with Crippen LogP contribution >= 0.6 is 11.6 Å². The summed E-state index contributed by atoms with van der Waals surface area (Å²) in [6, 6.07) is 15.5. The van der Waals surface area contributed by atoms with E-state index in [1.165, 1.54) is 12.1 Å². The Morgan fingerprint density at radius 1 is 1.06 bits per heavy atom. The molecule has 36 heavy (non-hydrogen) atoms. The predicted octanol–water partition coefficient (Wildman–Crippen LogP) is 6.99. The van der Waals surface area contributed by atoms with Gasteiger partial charge in [0.1, 0.15) is 5.75 Å². The number of rotatable bonds is 5. The number of hydrogen-bond donors (Lipinski definition) is 2. The van der Waals surface area contributed by atoms with Crippen LogP contribution in [0.15, 0.2) is 77.7 Å². The van der Waals surface area contributed by atoms with Crippen LogP contribution in [0, 0.1) is 5.92 Å². The van der Waals surface area contributed by atoms with Gasteiger partial charge < -0.3 is 10.1 Å². The first-order chi connectivity index (χ1) is 17.1. The molecule has 1 aliphatic heterocycles. The highest BCUT2D eigenvalue weighted by Crippen LogP contribution is 2.50. The standard InChI is InChI=1S/C26H22ClF3N2O3S/c1-35-17-8-5-15(6-9-17)25-20-4-2-3-19(20)21-14-18(10-12-24(21)31-25)36(33,34)32-16-7-11-23(27)22(13-16)26(28,29)30/h2-3,5-14,19-20,25,31-32H,4H2,1H3/t19-,20+,25+/m0/s1. The topological polar surface area (TPSA) is 67.4 Å². The monoisotopic (exact) mass is 534 g/mol. The Morgan fingerprint density at radius 2 is 1.81 bits per heavy atom. The molecule has 0 amide bonds. The van der Waals surface area contributed by atoms with Gasteiger partial charge in [0.15, 0.2) is 0 Å². The normalized spacial score (nSPS) is 20.9. The number of methoxy groups -OCH3 is 1. The highest BCUT2D eigenvalue weighted by atomic mass is 35.5. The molecule has 188 valence electrons. The summed E-state index contributed by atoms with van der Waals surface area (Å²) in [7, 11) is -2.54. The van der Waals surface area contributed by atoms with Crippen LogP contribution in [-0.4, -0.2) is 15.5 Å². The molecule has 3 aromatic carbocycles. The average molecular weight is 535 g/mol. The van der Waals surface area contributed by atoms with E-state index in [0.717, 1.165) is 35.1 Å². The summed E-state index contributed by atoms with van der Waals surface area (Å²) in [6.07, 6.45) is 0.294. The van der Waals surface area contributed by atoms with Crippen LogP contribution in [-0.2, 0) is 16.2 Å². The maximum absolute atomic E-state index is 13.2. The summed E-state index contributed by atoms with van der Waals surface area (Å²) in [4.78, 5) is -0.0338. The molecule has 3 aromatic rings. The molecule has 0 unspecified atom stereocenters. The first kappa shape index (κ1) is 24.5. The Balaban J connectivity index is 1.45. The number of ether oxygens (including phenoxy) is 1. The first-order valence-corrected chi connectivity index (χ1v) is 13.0. The van der Waals surface area contributed by atoms with Crippen molar-refractivity contribution in [3.8, 4) is 5.75 Å². The van der Waals surface area contributed by atoms with Crippen molar-refractivity contribution in [1.29, 1.82) is 0 Å². The maximum atomic E-state index is 13.2. The molecule has 1 heterocycles. The highest BCUT2D eigenvalue weighted by molar-refractivity contribution is 7.92. The number of hydrogen-bond acceptors (Lipinski definition) is 4. The van der Waals surface area contributed by atoms with Crippen LogP contribution in [0.1, 0.15) is 35.1 Å². The maximum Gasteiger partial charge on any atom is 0.417 e. The zero-order valence-electron chi connectivity index (χ0n) is 19.0. The summed E-state index contributed by atoms with van der Waals surface area (Å²) < 4.78 is 73.3. The lowest BCUT2D eigenvalue weighted by Crippen LogP contribution is -2.29. The van der Waals surface area contributed by atoms with Gasteiger partial charge in [-0.3, -0.25) is 4.72 Å². The van der Waals surface area contributed by atoms with E-state index >= 15 is 0 Å². The van der Waals surface area contributed by atoms with Crippen molar-refractivity contribution in [2.24, 2.45) is 5.92 Å². The van der Waals surface area contributed by atoms with Crippen LogP contribution in [0.5, 0.6) is 5.75 Å². The molecular weight excluding hydrogens is 513 g/mol. The highest BCUT2D eigenvalue weighted by Gasteiger charge is 2.38. The van der Waals surface area contributed by atoms with E-state index in [4.69, 9.17) is 16.3 Å². The molecule has 0 radical (unpaired) electrons. The van der Waals surface area contributed by atoms with E-state index < -0.39 is 26.8 Å². The van der Waals surface area contributed by atoms with E-state index in [0.29, 0.717) is 6.07 Å². The van der Waals surface area contributed by atoms with Crippen molar-refractivity contribution in [3.63, 3.8) is 0 Å². The molecule has 0 aromatic heterocycles. The second-order valence-corrected chi connectivity index (χ2v) is 10.9. The average Bonchev–Trinajstić information content (AvgIpc) is 3.34. The Morgan fingerprint density at radius 3 is 2.50 bits per heavy atom. The number of alkyl halides is 3. The molecule has 5 rings (SSSR count). The van der Waals surface area contributed by atoms with E-state index in [9.17, 15) is 21.6 Å². The second-order valence-electron chi connectivity index (χ2n) is 8.80. The zero-order chi connectivity index (χ0) is 25.7. The van der Waals surface area contributed by atoms with E-state index in [1.807, 2.05) is 24.3 Å². The molecule has 2 N–H and O–H groups in total. The summed E-state index contributed by atoms with van der Waals surface area (Å²) in [5.74, 6) is 0.944. The fourth-order valence-corrected chi connectivity index (χ4v) is 6.21. The minimum atomic E-state index is -4.71. The molecule has 0 fully saturated rings. The van der Waals surface area contributed by atoms with Crippen LogP contribution < -0.4 is 14.8 Å². The van der Waals surface area contributed by atoms with Crippen molar-refractivity contribution >= 4 is 33.0 Å². The lowest BCUT2D eigenvalue weighted by Gasteiger charge is -2.37. The number of halogens is 4. The summed E-state index contributed by atoms with van der Waals surface area (Å²) in [5.41, 5.74) is 1.41. The second kappa shape index (κ2) is 9.05. The number of allylic oxidation sites excluding steroid dienone is 2. The molecular formula is C26H22ClF3N2O3S. The molecule has 0 spiro atoms. The zero-order valence-corrected chi connectivity index (χ0v) is 20.6. The first-order valence-electron chi connectivity index (χ1n) is 11.2. The molecule has 10 heteroatoms. The third-order valence-electron chi connectivity index (χ3n) is 6.64. The van der Waals surface area contributed by atoms with Gasteiger partial charge in [0, 0.05) is 17.3 Å². The fraction of sp³-hybridized carbons (Fsp3) is 0.231. The summed E-state index contributed by atoms with van der Waals surface area (Å²) in [6.45, 7) is 0. The number of benzene rings is 3. The summed E-state index contributed by atoms with van der Waals surface area (Å²) >= 11 is 5.65. The van der Waals surface area contributed by atoms with E-state index in [1.54, 1.807) is 19.2 Å². The lowest BCUT2D eigenvalue weighted by molar-refractivity contribution is -0.137. The number of anilines is 2. The molecule has 2 aliphatic rings. The SMILES string of the molecule is COc1ccc([C@H]2Nc3ccc(S(=O)(=O)Nc4ccc(Cl)c(C(F)(F)F)c4)cc3[C@H]3C=CC[C@H]32)cc1. The van der Waals surface area contributed by atoms with Gasteiger partial charge >= 0.3 is 6.18 Å². The van der Waals surface area contributed by atoms with Gasteiger partial charge in [-0.15, -0.1) is 0 Å². The molecule has 5 nitrogen and oxygen atoms in total. The van der Waals surface area contributed by atoms with Crippen molar-refractivity contribution in [2.75, 3.05) is 17.1 Å². The molecule has 0 saturated heterocycles. The smallest absolute Gasteiger partial charge is 0.417 e. The van der Waals surface area contributed by atoms with E-state index in [-0.39, 0.29) is 28.5 Å². The van der Waals surface area contributed by atoms with Crippen LogP contribution in [0.3, 0.4) is 0 Å². The third-order valence-corrected chi connectivity index (χ3v) is 8.35. The molecule has 0 bridgehead atoms. The number of sulfonamides is 1. The molecule has 0 saturated carbocycles. The van der Waals surface area contributed by atoms with Crippen LogP contribution in [0.4, 0.5) is 24.5 Å². The van der Waals surface area contributed by atoms with Crippen molar-refractivity contribution in [2.45, 2.75) is 29.5 Å². The minimum absolute atomic E-state index is 0.00383. The van der Waals surface area contributed by atoms with Gasteiger partial charge in [-0.05, 0) is 72.0 Å². The third kappa shape index (κ3) is 4.53. The number of nitrogens with one attached hydrogen (secondary N) is 2. The van der Waals surface area contributed by atoms with Crippen molar-refractivity contribution < 1.29 is 26.3 Å². The fourth-order valence-electron chi connectivity index (χ4n) is 4.90. The largest absolute Gasteiger partial charge is 0.497 e. The van der Waals surface area contributed by atoms with Gasteiger partial charge in [0.2, 0.25) is 0 Å². The van der Waals surface area contributed by atoms with Crippen LogP contribution in [0.2, 0.25) is 5.02 Å². The van der Waals surface area contributed by atoms with E-state index in [2.05, 4.69) is 22.2 Å². The van der Waals surface area contributed by atoms with Gasteiger partial charge in [0.05, 0.1) is 28.6 Å². The summed E-state index contributed by atoms with van der Waals surface area (Å²) in [5, 5.41) is 3.04. The van der Waals surface area contributed by atoms with Crippen molar-refractivity contribution in [1.82, 2.24) is 0 Å². The van der Waals surface area contributed by atoms with Crippen molar-refractivity contribution in [3.05, 3.63) is 94.5 Å². The lowest BCUT2D eigenvalue weighted by atomic mass is 9.77. The Labute approximate surface area is 212 Å². The quantitative estimate of drug-likeness (QED) is 0.346. The Bertz CT molecular complexity index is 1440. The molecule has 1 aliphatic carbocycles. The van der Waals surface area contributed by atoms with Gasteiger partial charge in [-0.25, -0.2) is 8.42 Å².